The molecule has 0 aliphatic heterocycles. The van der Waals surface area contributed by atoms with Gasteiger partial charge in [-0.25, -0.2) is 0 Å². The van der Waals surface area contributed by atoms with Gasteiger partial charge in [0.1, 0.15) is 0 Å². The van der Waals surface area contributed by atoms with Crippen molar-refractivity contribution in [1.82, 2.24) is 10.2 Å². The summed E-state index contributed by atoms with van der Waals surface area (Å²) in [4.78, 5) is 2.14. The monoisotopic (exact) mass is 208 g/mol. The van der Waals surface area contributed by atoms with Crippen molar-refractivity contribution in [2.24, 2.45) is 11.7 Å². The van der Waals surface area contributed by atoms with Gasteiger partial charge in [0.2, 0.25) is 0 Å². The van der Waals surface area contributed by atoms with Crippen molar-refractivity contribution in [2.75, 3.05) is 11.9 Å². The van der Waals surface area contributed by atoms with Crippen molar-refractivity contribution >= 4 is 5.82 Å². The molecule has 84 valence electrons. The molecular weight excluding hydrogens is 188 g/mol. The lowest BCUT2D eigenvalue weighted by Gasteiger charge is -2.28. The van der Waals surface area contributed by atoms with E-state index in [1.54, 1.807) is 0 Å². The molecule has 0 saturated carbocycles. The molecule has 2 N–H and O–H groups in total. The van der Waals surface area contributed by atoms with Crippen LogP contribution >= 0.6 is 0 Å². The summed E-state index contributed by atoms with van der Waals surface area (Å²) in [6.45, 7) is 7.02. The lowest BCUT2D eigenvalue weighted by Crippen LogP contribution is -2.33. The number of nitrogens with two attached hydrogens (primary N) is 1. The van der Waals surface area contributed by atoms with Crippen LogP contribution in [0.5, 0.6) is 0 Å². The second kappa shape index (κ2) is 5.07. The third-order valence-corrected chi connectivity index (χ3v) is 2.85. The molecule has 1 unspecified atom stereocenters. The average Bonchev–Trinajstić information content (AvgIpc) is 2.27. The van der Waals surface area contributed by atoms with Crippen LogP contribution in [0.1, 0.15) is 26.5 Å². The molecule has 0 aliphatic carbocycles. The van der Waals surface area contributed by atoms with Crippen LogP contribution in [0.2, 0.25) is 0 Å². The van der Waals surface area contributed by atoms with Crippen molar-refractivity contribution < 1.29 is 0 Å². The quantitative estimate of drug-likeness (QED) is 0.813. The fourth-order valence-corrected chi connectivity index (χ4v) is 1.31. The maximum absolute atomic E-state index is 5.47. The highest BCUT2D eigenvalue weighted by Gasteiger charge is 2.14. The van der Waals surface area contributed by atoms with Gasteiger partial charge in [0.05, 0.1) is 5.69 Å². The summed E-state index contributed by atoms with van der Waals surface area (Å²) < 4.78 is 0. The summed E-state index contributed by atoms with van der Waals surface area (Å²) in [7, 11) is 2.04. The van der Waals surface area contributed by atoms with Gasteiger partial charge in [0, 0.05) is 19.6 Å². The van der Waals surface area contributed by atoms with Crippen LogP contribution in [0.3, 0.4) is 0 Å². The second-order valence-electron chi connectivity index (χ2n) is 4.18. The van der Waals surface area contributed by atoms with Gasteiger partial charge in [0.15, 0.2) is 5.82 Å². The van der Waals surface area contributed by atoms with Gasteiger partial charge in [-0.3, -0.25) is 0 Å². The Morgan fingerprint density at radius 3 is 2.33 bits per heavy atom. The first-order valence-corrected chi connectivity index (χ1v) is 5.31. The van der Waals surface area contributed by atoms with Gasteiger partial charge >= 0.3 is 0 Å². The van der Waals surface area contributed by atoms with E-state index in [1.807, 2.05) is 19.2 Å². The van der Waals surface area contributed by atoms with Crippen LogP contribution in [-0.4, -0.2) is 23.3 Å². The average molecular weight is 208 g/mol. The molecular formula is C11H20N4. The number of nitrogens with zero attached hydrogens (tertiary/aromatic N) is 3. The van der Waals surface area contributed by atoms with Crippen molar-refractivity contribution in [3.8, 4) is 0 Å². The Labute approximate surface area is 91.5 Å². The van der Waals surface area contributed by atoms with Gasteiger partial charge in [-0.05, 0) is 25.0 Å². The molecule has 0 spiro atoms. The molecule has 0 aliphatic rings. The van der Waals surface area contributed by atoms with Gasteiger partial charge in [-0.2, -0.15) is 5.10 Å². The van der Waals surface area contributed by atoms with E-state index in [9.17, 15) is 0 Å². The van der Waals surface area contributed by atoms with Crippen molar-refractivity contribution in [3.05, 3.63) is 17.8 Å². The second-order valence-corrected chi connectivity index (χ2v) is 4.18. The topological polar surface area (TPSA) is 55.0 Å². The summed E-state index contributed by atoms with van der Waals surface area (Å²) in [5.74, 6) is 1.49. The molecule has 0 bridgehead atoms. The molecule has 4 heteroatoms. The SMILES string of the molecule is CC(C)C(C)N(C)c1ccc(CN)nn1. The minimum atomic E-state index is 0.441. The molecule has 1 aromatic rings. The molecule has 15 heavy (non-hydrogen) atoms. The Hall–Kier alpha value is -1.16. The molecule has 1 aromatic heterocycles. The lowest BCUT2D eigenvalue weighted by atomic mass is 10.1. The minimum absolute atomic E-state index is 0.441. The Kier molecular flexibility index (Phi) is 4.03. The predicted molar refractivity (Wildman–Crippen MR) is 62.6 cm³/mol. The highest BCUT2D eigenvalue weighted by Crippen LogP contribution is 2.15. The van der Waals surface area contributed by atoms with E-state index < -0.39 is 0 Å². The number of aromatic nitrogens is 2. The largest absolute Gasteiger partial charge is 0.355 e. The van der Waals surface area contributed by atoms with Crippen LogP contribution in [0.25, 0.3) is 0 Å². The zero-order valence-corrected chi connectivity index (χ0v) is 9.94. The molecule has 4 nitrogen and oxygen atoms in total. The summed E-state index contributed by atoms with van der Waals surface area (Å²) in [5.41, 5.74) is 6.29. The Bertz CT molecular complexity index is 294. The van der Waals surface area contributed by atoms with Crippen LogP contribution in [0, 0.1) is 5.92 Å². The summed E-state index contributed by atoms with van der Waals surface area (Å²) in [5, 5.41) is 8.19. The third-order valence-electron chi connectivity index (χ3n) is 2.85. The summed E-state index contributed by atoms with van der Waals surface area (Å²) >= 11 is 0. The number of hydrogen-bond acceptors (Lipinski definition) is 4. The molecule has 1 rings (SSSR count). The van der Waals surface area contributed by atoms with Crippen LogP contribution in [-0.2, 0) is 6.54 Å². The minimum Gasteiger partial charge on any atom is -0.355 e. The van der Waals surface area contributed by atoms with Crippen LogP contribution < -0.4 is 10.6 Å². The van der Waals surface area contributed by atoms with E-state index in [4.69, 9.17) is 5.73 Å². The smallest absolute Gasteiger partial charge is 0.151 e. The standard InChI is InChI=1S/C11H20N4/c1-8(2)9(3)15(4)11-6-5-10(7-12)13-14-11/h5-6,8-9H,7,12H2,1-4H3. The van der Waals surface area contributed by atoms with Gasteiger partial charge in [0.25, 0.3) is 0 Å². The van der Waals surface area contributed by atoms with Crippen LogP contribution in [0.15, 0.2) is 12.1 Å². The summed E-state index contributed by atoms with van der Waals surface area (Å²) in [6, 6.07) is 4.34. The molecule has 0 amide bonds. The predicted octanol–water partition coefficient (Wildman–Crippen LogP) is 1.42. The molecule has 0 fully saturated rings. The zero-order chi connectivity index (χ0) is 11.4. The third kappa shape index (κ3) is 2.89. The maximum atomic E-state index is 5.47. The molecule has 1 atom stereocenters. The van der Waals surface area contributed by atoms with E-state index in [0.717, 1.165) is 11.5 Å². The summed E-state index contributed by atoms with van der Waals surface area (Å²) in [6.07, 6.45) is 0. The fraction of sp³-hybridized carbons (Fsp3) is 0.636. The van der Waals surface area contributed by atoms with E-state index in [1.165, 1.54) is 0 Å². The first-order chi connectivity index (χ1) is 7.06. The van der Waals surface area contributed by atoms with E-state index in [2.05, 4.69) is 35.9 Å². The van der Waals surface area contributed by atoms with Gasteiger partial charge in [-0.15, -0.1) is 5.10 Å². The normalized spacial score (nSPS) is 12.9. The number of anilines is 1. The molecule has 0 saturated heterocycles. The zero-order valence-electron chi connectivity index (χ0n) is 9.94. The number of hydrogen-bond donors (Lipinski definition) is 1. The van der Waals surface area contributed by atoms with Crippen molar-refractivity contribution in [3.63, 3.8) is 0 Å². The van der Waals surface area contributed by atoms with Gasteiger partial charge < -0.3 is 10.6 Å². The molecule has 1 heterocycles. The molecule has 0 aromatic carbocycles. The van der Waals surface area contributed by atoms with E-state index in [0.29, 0.717) is 18.5 Å². The van der Waals surface area contributed by atoms with Gasteiger partial charge in [-0.1, -0.05) is 13.8 Å². The fourth-order valence-electron chi connectivity index (χ4n) is 1.31. The first kappa shape index (κ1) is 11.9. The number of rotatable bonds is 4. The highest BCUT2D eigenvalue weighted by atomic mass is 15.3. The Morgan fingerprint density at radius 1 is 1.27 bits per heavy atom. The van der Waals surface area contributed by atoms with E-state index in [-0.39, 0.29) is 0 Å². The van der Waals surface area contributed by atoms with Crippen molar-refractivity contribution in [1.29, 1.82) is 0 Å². The molecule has 0 radical (unpaired) electrons. The first-order valence-electron chi connectivity index (χ1n) is 5.31. The van der Waals surface area contributed by atoms with Crippen molar-refractivity contribution in [2.45, 2.75) is 33.4 Å². The van der Waals surface area contributed by atoms with E-state index >= 15 is 0 Å². The Balaban J connectivity index is 2.78. The maximum Gasteiger partial charge on any atom is 0.151 e. The highest BCUT2D eigenvalue weighted by molar-refractivity contribution is 5.37. The Morgan fingerprint density at radius 2 is 1.93 bits per heavy atom. The van der Waals surface area contributed by atoms with Crippen LogP contribution in [0.4, 0.5) is 5.82 Å². The lowest BCUT2D eigenvalue weighted by molar-refractivity contribution is 0.501.